The van der Waals surface area contributed by atoms with Gasteiger partial charge < -0.3 is 4.90 Å². The lowest BCUT2D eigenvalue weighted by atomic mass is 10.3. The number of nitrogens with zero attached hydrogens (tertiary/aromatic N) is 1. The molecule has 0 bridgehead atoms. The van der Waals surface area contributed by atoms with Crippen LogP contribution in [0.1, 0.15) is 27.2 Å². The second-order valence-electron chi connectivity index (χ2n) is 2.45. The van der Waals surface area contributed by atoms with E-state index in [1.165, 1.54) is 0 Å². The number of carbonyl (C=O) groups excluding carboxylic acids is 1. The minimum Gasteiger partial charge on any atom is -0.343 e. The average Bonchev–Trinajstić information content (AvgIpc) is 1.84. The van der Waals surface area contributed by atoms with Crippen LogP contribution >= 0.6 is 0 Å². The highest BCUT2D eigenvalue weighted by Crippen LogP contribution is 1.95. The van der Waals surface area contributed by atoms with Gasteiger partial charge in [0.25, 0.3) is 0 Å². The maximum absolute atomic E-state index is 10.9. The topological polar surface area (TPSA) is 20.3 Å². The molecule has 0 radical (unpaired) electrons. The third-order valence-electron chi connectivity index (χ3n) is 1.47. The quantitative estimate of drug-likeness (QED) is 0.549. The van der Waals surface area contributed by atoms with Crippen molar-refractivity contribution >= 4 is 5.91 Å². The van der Waals surface area contributed by atoms with Gasteiger partial charge in [0.1, 0.15) is 0 Å². The Hall–Kier alpha value is -0.530. The summed E-state index contributed by atoms with van der Waals surface area (Å²) in [6.45, 7) is 5.89. The molecule has 0 spiro atoms. The summed E-state index contributed by atoms with van der Waals surface area (Å²) in [4.78, 5) is 12.6. The number of hydrogen-bond donors (Lipinski definition) is 0. The van der Waals surface area contributed by atoms with E-state index in [1.54, 1.807) is 4.90 Å². The van der Waals surface area contributed by atoms with Crippen LogP contribution in [-0.2, 0) is 4.79 Å². The molecule has 0 N–H and O–H groups in total. The summed E-state index contributed by atoms with van der Waals surface area (Å²) in [6.07, 6.45) is 0.606. The Morgan fingerprint density at radius 1 is 1.56 bits per heavy atom. The fourth-order valence-electron chi connectivity index (χ4n) is 0.537. The van der Waals surface area contributed by atoms with Crippen LogP contribution in [-0.4, -0.2) is 23.9 Å². The largest absolute Gasteiger partial charge is 0.343 e. The smallest absolute Gasteiger partial charge is 0.222 e. The monoisotopic (exact) mass is 129 g/mol. The van der Waals surface area contributed by atoms with Gasteiger partial charge in [0.05, 0.1) is 0 Å². The number of amides is 1. The standard InChI is InChI=1S/C7H15NO/c1-5-7(9)8(4)6(2)3/h6H,5H2,1-4H3. The van der Waals surface area contributed by atoms with Gasteiger partial charge in [-0.05, 0) is 13.8 Å². The highest BCUT2D eigenvalue weighted by Gasteiger charge is 2.07. The molecule has 0 aliphatic heterocycles. The summed E-state index contributed by atoms with van der Waals surface area (Å²) in [7, 11) is 1.83. The van der Waals surface area contributed by atoms with Gasteiger partial charge in [-0.15, -0.1) is 0 Å². The molecule has 0 aromatic carbocycles. The van der Waals surface area contributed by atoms with Crippen molar-refractivity contribution in [2.24, 2.45) is 0 Å². The van der Waals surface area contributed by atoms with Crippen LogP contribution in [0, 0.1) is 0 Å². The molecule has 1 amide bonds. The zero-order valence-electron chi connectivity index (χ0n) is 6.64. The Morgan fingerprint density at radius 2 is 2.00 bits per heavy atom. The van der Waals surface area contributed by atoms with E-state index in [0.717, 1.165) is 0 Å². The first kappa shape index (κ1) is 8.47. The Kier molecular flexibility index (Phi) is 3.28. The number of carbonyl (C=O) groups is 1. The zero-order chi connectivity index (χ0) is 7.44. The highest BCUT2D eigenvalue weighted by atomic mass is 16.2. The Labute approximate surface area is 56.9 Å². The Morgan fingerprint density at radius 3 is 2.11 bits per heavy atom. The van der Waals surface area contributed by atoms with Crippen molar-refractivity contribution in [2.45, 2.75) is 33.2 Å². The summed E-state index contributed by atoms with van der Waals surface area (Å²) in [5.74, 6) is 0.213. The predicted molar refractivity (Wildman–Crippen MR) is 38.2 cm³/mol. The van der Waals surface area contributed by atoms with Gasteiger partial charge in [-0.2, -0.15) is 0 Å². The van der Waals surface area contributed by atoms with Crippen LogP contribution in [0.25, 0.3) is 0 Å². The van der Waals surface area contributed by atoms with E-state index in [0.29, 0.717) is 12.5 Å². The third kappa shape index (κ3) is 2.49. The normalized spacial score (nSPS) is 9.89. The van der Waals surface area contributed by atoms with E-state index >= 15 is 0 Å². The van der Waals surface area contributed by atoms with E-state index in [-0.39, 0.29) is 5.91 Å². The third-order valence-corrected chi connectivity index (χ3v) is 1.47. The first-order chi connectivity index (χ1) is 4.09. The fraction of sp³-hybridized carbons (Fsp3) is 0.857. The molecule has 2 nitrogen and oxygen atoms in total. The molecule has 0 rings (SSSR count). The molecule has 0 unspecified atom stereocenters. The van der Waals surface area contributed by atoms with E-state index < -0.39 is 0 Å². The van der Waals surface area contributed by atoms with Crippen LogP contribution in [0.4, 0.5) is 0 Å². The van der Waals surface area contributed by atoms with Crippen molar-refractivity contribution in [3.8, 4) is 0 Å². The lowest BCUT2D eigenvalue weighted by Gasteiger charge is -2.20. The first-order valence-corrected chi connectivity index (χ1v) is 3.35. The van der Waals surface area contributed by atoms with Crippen molar-refractivity contribution in [3.63, 3.8) is 0 Å². The molecular formula is C7H15NO. The minimum atomic E-state index is 0.213. The van der Waals surface area contributed by atoms with Crippen molar-refractivity contribution in [3.05, 3.63) is 0 Å². The van der Waals surface area contributed by atoms with Crippen LogP contribution in [0.3, 0.4) is 0 Å². The SMILES string of the molecule is CCC(=O)N(C)C(C)C. The van der Waals surface area contributed by atoms with E-state index in [4.69, 9.17) is 0 Å². The van der Waals surface area contributed by atoms with Crippen molar-refractivity contribution in [1.29, 1.82) is 0 Å². The lowest BCUT2D eigenvalue weighted by molar-refractivity contribution is -0.130. The molecule has 0 aromatic heterocycles. The molecule has 0 saturated heterocycles. The summed E-state index contributed by atoms with van der Waals surface area (Å²) in [6, 6.07) is 0.331. The van der Waals surface area contributed by atoms with Gasteiger partial charge in [0, 0.05) is 19.5 Å². The van der Waals surface area contributed by atoms with Crippen LogP contribution in [0.5, 0.6) is 0 Å². The maximum atomic E-state index is 10.9. The predicted octanol–water partition coefficient (Wildman–Crippen LogP) is 1.26. The second kappa shape index (κ2) is 3.49. The summed E-state index contributed by atoms with van der Waals surface area (Å²) in [5.41, 5.74) is 0. The van der Waals surface area contributed by atoms with E-state index in [9.17, 15) is 4.79 Å². The maximum Gasteiger partial charge on any atom is 0.222 e. The molecule has 0 fully saturated rings. The van der Waals surface area contributed by atoms with Gasteiger partial charge in [-0.25, -0.2) is 0 Å². The van der Waals surface area contributed by atoms with Crippen LogP contribution in [0.2, 0.25) is 0 Å². The molecule has 2 heteroatoms. The van der Waals surface area contributed by atoms with Gasteiger partial charge >= 0.3 is 0 Å². The molecule has 0 saturated carbocycles. The fourth-order valence-corrected chi connectivity index (χ4v) is 0.537. The zero-order valence-corrected chi connectivity index (χ0v) is 6.64. The van der Waals surface area contributed by atoms with Gasteiger partial charge in [-0.1, -0.05) is 6.92 Å². The molecule has 9 heavy (non-hydrogen) atoms. The van der Waals surface area contributed by atoms with Crippen LogP contribution in [0.15, 0.2) is 0 Å². The van der Waals surface area contributed by atoms with Crippen molar-refractivity contribution < 1.29 is 4.79 Å². The lowest BCUT2D eigenvalue weighted by Crippen LogP contribution is -2.32. The first-order valence-electron chi connectivity index (χ1n) is 3.35. The molecule has 0 aromatic rings. The highest BCUT2D eigenvalue weighted by molar-refractivity contribution is 5.75. The Balaban J connectivity index is 3.72. The summed E-state index contributed by atoms with van der Waals surface area (Å²) in [5, 5.41) is 0. The van der Waals surface area contributed by atoms with Crippen molar-refractivity contribution in [2.75, 3.05) is 7.05 Å². The molecular weight excluding hydrogens is 114 g/mol. The number of hydrogen-bond acceptors (Lipinski definition) is 1. The molecule has 54 valence electrons. The Bertz CT molecular complexity index is 99.1. The molecule has 0 aliphatic carbocycles. The number of rotatable bonds is 2. The van der Waals surface area contributed by atoms with Gasteiger partial charge in [-0.3, -0.25) is 4.79 Å². The van der Waals surface area contributed by atoms with E-state index in [1.807, 2.05) is 27.8 Å². The molecule has 0 heterocycles. The average molecular weight is 129 g/mol. The van der Waals surface area contributed by atoms with E-state index in [2.05, 4.69) is 0 Å². The minimum absolute atomic E-state index is 0.213. The van der Waals surface area contributed by atoms with Crippen LogP contribution < -0.4 is 0 Å². The summed E-state index contributed by atoms with van der Waals surface area (Å²) < 4.78 is 0. The van der Waals surface area contributed by atoms with Gasteiger partial charge in [0.15, 0.2) is 0 Å². The second-order valence-corrected chi connectivity index (χ2v) is 2.45. The molecule has 0 aliphatic rings. The molecule has 0 atom stereocenters. The van der Waals surface area contributed by atoms with Crippen molar-refractivity contribution in [1.82, 2.24) is 4.90 Å². The summed E-state index contributed by atoms with van der Waals surface area (Å²) >= 11 is 0. The van der Waals surface area contributed by atoms with Gasteiger partial charge in [0.2, 0.25) is 5.91 Å².